The van der Waals surface area contributed by atoms with Gasteiger partial charge in [-0.05, 0) is 33.4 Å². The number of aromatic nitrogens is 1. The summed E-state index contributed by atoms with van der Waals surface area (Å²) in [6.45, 7) is 0. The second kappa shape index (κ2) is 2.83. The lowest BCUT2D eigenvalue weighted by Gasteiger charge is -1.99. The fraction of sp³-hybridized carbons (Fsp3) is 0. The van der Waals surface area contributed by atoms with Gasteiger partial charge in [0.05, 0.1) is 5.39 Å². The van der Waals surface area contributed by atoms with Gasteiger partial charge in [-0.25, -0.2) is 4.98 Å². The van der Waals surface area contributed by atoms with Crippen molar-refractivity contribution in [3.8, 4) is 0 Å². The topological polar surface area (TPSA) is 12.9 Å². The predicted molar refractivity (Wildman–Crippen MR) is 49.4 cm³/mol. The molecule has 0 saturated heterocycles. The maximum atomic E-state index is 13.1. The molecule has 0 aliphatic rings. The van der Waals surface area contributed by atoms with E-state index < -0.39 is 5.95 Å². The van der Waals surface area contributed by atoms with Crippen LogP contribution in [0.4, 0.5) is 4.39 Å². The highest BCUT2D eigenvalue weighted by Crippen LogP contribution is 2.24. The van der Waals surface area contributed by atoms with Gasteiger partial charge >= 0.3 is 0 Å². The maximum Gasteiger partial charge on any atom is 0.221 e. The number of fused-ring (bicyclic) bond motifs is 1. The molecule has 1 aromatic heterocycles. The molecule has 0 amide bonds. The summed E-state index contributed by atoms with van der Waals surface area (Å²) in [5.74, 6) is -0.431. The summed E-state index contributed by atoms with van der Waals surface area (Å²) in [6.07, 6.45) is 1.46. The molecule has 0 radical (unpaired) electrons. The zero-order valence-electron chi connectivity index (χ0n) is 6.09. The summed E-state index contributed by atoms with van der Waals surface area (Å²) in [7, 11) is 0. The summed E-state index contributed by atoms with van der Waals surface area (Å²) in [6, 6.07) is 7.30. The van der Waals surface area contributed by atoms with E-state index in [4.69, 9.17) is 0 Å². The van der Waals surface area contributed by atoms with Crippen molar-refractivity contribution in [2.75, 3.05) is 0 Å². The predicted octanol–water partition coefficient (Wildman–Crippen LogP) is 3.14. The molecule has 0 aliphatic heterocycles. The van der Waals surface area contributed by atoms with Crippen molar-refractivity contribution >= 4 is 26.7 Å². The van der Waals surface area contributed by atoms with Gasteiger partial charge in [-0.2, -0.15) is 4.39 Å². The lowest BCUT2D eigenvalue weighted by atomic mass is 10.2. The zero-order chi connectivity index (χ0) is 8.55. The molecule has 0 saturated carbocycles. The van der Waals surface area contributed by atoms with Crippen LogP contribution in [0.2, 0.25) is 0 Å². The average Bonchev–Trinajstić information content (AvgIpc) is 2.04. The molecule has 1 aromatic carbocycles. The Hall–Kier alpha value is -0.960. The summed E-state index contributed by atoms with van der Waals surface area (Å²) in [5.41, 5.74) is 0. The second-order valence-electron chi connectivity index (χ2n) is 2.44. The number of benzene rings is 1. The van der Waals surface area contributed by atoms with Gasteiger partial charge in [0.25, 0.3) is 0 Å². The number of halogens is 2. The Bertz CT molecular complexity index is 391. The average molecular weight is 226 g/mol. The Morgan fingerprint density at radius 1 is 1.25 bits per heavy atom. The first-order valence-electron chi connectivity index (χ1n) is 3.48. The molecule has 0 spiro atoms. The summed E-state index contributed by atoms with van der Waals surface area (Å²) < 4.78 is 13.8. The van der Waals surface area contributed by atoms with Gasteiger partial charge in [0.1, 0.15) is 0 Å². The van der Waals surface area contributed by atoms with E-state index in [0.29, 0.717) is 5.39 Å². The quantitative estimate of drug-likeness (QED) is 0.629. The minimum atomic E-state index is -0.431. The number of hydrogen-bond acceptors (Lipinski definition) is 1. The SMILES string of the molecule is Fc1nccc2cccc(Br)c12. The van der Waals surface area contributed by atoms with Gasteiger partial charge in [-0.15, -0.1) is 0 Å². The standard InChI is InChI=1S/C9H5BrFN/c10-7-3-1-2-6-4-5-12-9(11)8(6)7/h1-5H. The van der Waals surface area contributed by atoms with Crippen molar-refractivity contribution in [1.82, 2.24) is 4.98 Å². The Morgan fingerprint density at radius 3 is 2.83 bits per heavy atom. The van der Waals surface area contributed by atoms with E-state index in [1.807, 2.05) is 12.1 Å². The lowest BCUT2D eigenvalue weighted by molar-refractivity contribution is 0.596. The van der Waals surface area contributed by atoms with E-state index in [1.165, 1.54) is 6.20 Å². The van der Waals surface area contributed by atoms with E-state index in [2.05, 4.69) is 20.9 Å². The summed E-state index contributed by atoms with van der Waals surface area (Å²) in [4.78, 5) is 3.57. The molecule has 0 fully saturated rings. The van der Waals surface area contributed by atoms with Crippen LogP contribution in [0.15, 0.2) is 34.9 Å². The van der Waals surface area contributed by atoms with E-state index in [9.17, 15) is 4.39 Å². The second-order valence-corrected chi connectivity index (χ2v) is 3.29. The molecule has 60 valence electrons. The van der Waals surface area contributed by atoms with Crippen LogP contribution in [0, 0.1) is 5.95 Å². The van der Waals surface area contributed by atoms with Crippen LogP contribution >= 0.6 is 15.9 Å². The van der Waals surface area contributed by atoms with Gasteiger partial charge in [-0.3, -0.25) is 0 Å². The van der Waals surface area contributed by atoms with Crippen molar-refractivity contribution in [2.45, 2.75) is 0 Å². The molecular formula is C9H5BrFN. The highest BCUT2D eigenvalue weighted by molar-refractivity contribution is 9.10. The third-order valence-electron chi connectivity index (χ3n) is 1.69. The molecule has 12 heavy (non-hydrogen) atoms. The van der Waals surface area contributed by atoms with Gasteiger partial charge < -0.3 is 0 Å². The number of nitrogens with zero attached hydrogens (tertiary/aromatic N) is 1. The smallest absolute Gasteiger partial charge is 0.221 e. The third-order valence-corrected chi connectivity index (χ3v) is 2.35. The first-order valence-corrected chi connectivity index (χ1v) is 4.27. The minimum absolute atomic E-state index is 0.431. The highest BCUT2D eigenvalue weighted by atomic mass is 79.9. The van der Waals surface area contributed by atoms with Crippen LogP contribution in [0.5, 0.6) is 0 Å². The van der Waals surface area contributed by atoms with Crippen LogP contribution in [0.25, 0.3) is 10.8 Å². The van der Waals surface area contributed by atoms with Crippen LogP contribution < -0.4 is 0 Å². The van der Waals surface area contributed by atoms with E-state index in [0.717, 1.165) is 9.86 Å². The number of pyridine rings is 1. The summed E-state index contributed by atoms with van der Waals surface area (Å²) >= 11 is 3.27. The van der Waals surface area contributed by atoms with Gasteiger partial charge in [0, 0.05) is 10.7 Å². The molecule has 0 unspecified atom stereocenters. The van der Waals surface area contributed by atoms with Crippen molar-refractivity contribution in [2.24, 2.45) is 0 Å². The first-order chi connectivity index (χ1) is 5.79. The Morgan fingerprint density at radius 2 is 2.08 bits per heavy atom. The van der Waals surface area contributed by atoms with Crippen molar-refractivity contribution < 1.29 is 4.39 Å². The van der Waals surface area contributed by atoms with Crippen LogP contribution in [0.3, 0.4) is 0 Å². The molecule has 2 rings (SSSR count). The van der Waals surface area contributed by atoms with Crippen molar-refractivity contribution in [3.05, 3.63) is 40.9 Å². The Kier molecular flexibility index (Phi) is 1.81. The van der Waals surface area contributed by atoms with Gasteiger partial charge in [-0.1, -0.05) is 12.1 Å². The molecule has 2 aromatic rings. The highest BCUT2D eigenvalue weighted by Gasteiger charge is 2.03. The minimum Gasteiger partial charge on any atom is -0.228 e. The van der Waals surface area contributed by atoms with E-state index in [1.54, 1.807) is 12.1 Å². The molecule has 0 N–H and O–H groups in total. The van der Waals surface area contributed by atoms with Crippen molar-refractivity contribution in [1.29, 1.82) is 0 Å². The van der Waals surface area contributed by atoms with Crippen molar-refractivity contribution in [3.63, 3.8) is 0 Å². The number of rotatable bonds is 0. The summed E-state index contributed by atoms with van der Waals surface area (Å²) in [5, 5.41) is 1.40. The monoisotopic (exact) mass is 225 g/mol. The Balaban J connectivity index is 2.96. The maximum absolute atomic E-state index is 13.1. The molecule has 1 heterocycles. The number of hydrogen-bond donors (Lipinski definition) is 0. The van der Waals surface area contributed by atoms with E-state index in [-0.39, 0.29) is 0 Å². The fourth-order valence-corrected chi connectivity index (χ4v) is 1.69. The largest absolute Gasteiger partial charge is 0.228 e. The normalized spacial score (nSPS) is 10.5. The molecule has 0 atom stereocenters. The molecular weight excluding hydrogens is 221 g/mol. The Labute approximate surface area is 77.4 Å². The van der Waals surface area contributed by atoms with E-state index >= 15 is 0 Å². The van der Waals surface area contributed by atoms with Crippen LogP contribution in [0.1, 0.15) is 0 Å². The zero-order valence-corrected chi connectivity index (χ0v) is 7.68. The van der Waals surface area contributed by atoms with Crippen LogP contribution in [-0.4, -0.2) is 4.98 Å². The first kappa shape index (κ1) is 7.68. The lowest BCUT2D eigenvalue weighted by Crippen LogP contribution is -1.84. The molecule has 0 aliphatic carbocycles. The van der Waals surface area contributed by atoms with Crippen LogP contribution in [-0.2, 0) is 0 Å². The fourth-order valence-electron chi connectivity index (χ4n) is 1.14. The van der Waals surface area contributed by atoms with Gasteiger partial charge in [0.15, 0.2) is 0 Å². The molecule has 0 bridgehead atoms. The third kappa shape index (κ3) is 1.10. The molecule has 1 nitrogen and oxygen atoms in total. The van der Waals surface area contributed by atoms with Gasteiger partial charge in [0.2, 0.25) is 5.95 Å². The molecule has 3 heteroatoms.